The van der Waals surface area contributed by atoms with E-state index in [4.69, 9.17) is 4.74 Å². The highest BCUT2D eigenvalue weighted by molar-refractivity contribution is 5.69. The molecule has 1 N–H and O–H groups in total. The maximum atomic E-state index is 11.4. The molecule has 0 radical (unpaired) electrons. The molecule has 16 heavy (non-hydrogen) atoms. The lowest BCUT2D eigenvalue weighted by molar-refractivity contribution is -0.689. The molecule has 2 rings (SSSR count). The first-order valence-corrected chi connectivity index (χ1v) is 4.65. The Morgan fingerprint density at radius 1 is 1.38 bits per heavy atom. The summed E-state index contributed by atoms with van der Waals surface area (Å²) in [5.74, 6) is 0.464. The van der Waals surface area contributed by atoms with Crippen molar-refractivity contribution in [3.8, 4) is 5.75 Å². The van der Waals surface area contributed by atoms with Crippen LogP contribution in [0.1, 0.15) is 6.92 Å². The lowest BCUT2D eigenvalue weighted by Crippen LogP contribution is -2.55. The van der Waals surface area contributed by atoms with Gasteiger partial charge in [0, 0.05) is 9.94 Å². The van der Waals surface area contributed by atoms with Crippen molar-refractivity contribution in [3.63, 3.8) is 0 Å². The SMILES string of the molecule is CCOc1ccc2c(c1)[n+]([O-])[nH]c(=O)[n+]2[O-]. The fourth-order valence-electron chi connectivity index (χ4n) is 1.40. The molecular weight excluding hydrogens is 214 g/mol. The Balaban J connectivity index is 2.74. The zero-order chi connectivity index (χ0) is 11.7. The molecule has 0 aliphatic rings. The van der Waals surface area contributed by atoms with E-state index in [1.807, 2.05) is 5.10 Å². The minimum atomic E-state index is -1.01. The Kier molecular flexibility index (Phi) is 2.35. The molecule has 0 amide bonds. The fourth-order valence-corrected chi connectivity index (χ4v) is 1.40. The highest BCUT2D eigenvalue weighted by atomic mass is 16.5. The third-order valence-electron chi connectivity index (χ3n) is 2.08. The van der Waals surface area contributed by atoms with Gasteiger partial charge in [0.05, 0.1) is 12.7 Å². The minimum absolute atomic E-state index is 0.00204. The molecule has 0 saturated heterocycles. The molecule has 0 bridgehead atoms. The molecule has 0 aliphatic carbocycles. The molecule has 7 nitrogen and oxygen atoms in total. The summed E-state index contributed by atoms with van der Waals surface area (Å²) < 4.78 is 5.31. The average Bonchev–Trinajstić information content (AvgIpc) is 2.27. The van der Waals surface area contributed by atoms with Crippen LogP contribution in [0.2, 0.25) is 0 Å². The Hall–Kier alpha value is -2.31. The second kappa shape index (κ2) is 3.69. The van der Waals surface area contributed by atoms with Crippen molar-refractivity contribution in [1.82, 2.24) is 5.10 Å². The number of nitrogens with zero attached hydrogens (tertiary/aromatic N) is 2. The van der Waals surface area contributed by atoms with Gasteiger partial charge in [0.15, 0.2) is 0 Å². The predicted octanol–water partition coefficient (Wildman–Crippen LogP) is -0.806. The minimum Gasteiger partial charge on any atom is -0.707 e. The summed E-state index contributed by atoms with van der Waals surface area (Å²) in [6, 6.07) is 4.30. The van der Waals surface area contributed by atoms with Crippen molar-refractivity contribution >= 4 is 11.0 Å². The van der Waals surface area contributed by atoms with Crippen molar-refractivity contribution in [3.05, 3.63) is 39.1 Å². The van der Waals surface area contributed by atoms with Gasteiger partial charge in [-0.3, -0.25) is 0 Å². The number of hydrogen-bond acceptors (Lipinski definition) is 4. The molecule has 0 aliphatic heterocycles. The molecule has 1 heterocycles. The van der Waals surface area contributed by atoms with E-state index in [1.165, 1.54) is 18.2 Å². The van der Waals surface area contributed by atoms with E-state index in [9.17, 15) is 15.2 Å². The van der Waals surface area contributed by atoms with E-state index < -0.39 is 5.69 Å². The van der Waals surface area contributed by atoms with Crippen LogP contribution in [0.4, 0.5) is 0 Å². The first kappa shape index (κ1) is 10.2. The number of aromatic amines is 1. The van der Waals surface area contributed by atoms with Crippen molar-refractivity contribution in [2.24, 2.45) is 0 Å². The van der Waals surface area contributed by atoms with E-state index in [-0.39, 0.29) is 20.6 Å². The quantitative estimate of drug-likeness (QED) is 0.532. The number of aromatic nitrogens is 3. The van der Waals surface area contributed by atoms with Gasteiger partial charge in [0.25, 0.3) is 0 Å². The van der Waals surface area contributed by atoms with E-state index in [2.05, 4.69) is 0 Å². The van der Waals surface area contributed by atoms with Gasteiger partial charge in [-0.1, -0.05) is 0 Å². The van der Waals surface area contributed by atoms with Gasteiger partial charge in [-0.25, -0.2) is 0 Å². The molecule has 1 aromatic carbocycles. The van der Waals surface area contributed by atoms with Gasteiger partial charge < -0.3 is 15.2 Å². The van der Waals surface area contributed by atoms with Gasteiger partial charge >= 0.3 is 11.2 Å². The van der Waals surface area contributed by atoms with Crippen LogP contribution in [-0.4, -0.2) is 11.7 Å². The first-order chi connectivity index (χ1) is 7.63. The van der Waals surface area contributed by atoms with Crippen LogP contribution >= 0.6 is 0 Å². The Morgan fingerprint density at radius 3 is 2.81 bits per heavy atom. The maximum absolute atomic E-state index is 11.4. The summed E-state index contributed by atoms with van der Waals surface area (Å²) >= 11 is 0. The largest absolute Gasteiger partial charge is 0.707 e. The van der Waals surface area contributed by atoms with Crippen LogP contribution in [0.3, 0.4) is 0 Å². The molecule has 0 saturated carbocycles. The highest BCUT2D eigenvalue weighted by Gasteiger charge is 2.15. The summed E-state index contributed by atoms with van der Waals surface area (Å²) in [6.45, 7) is 2.25. The fraction of sp³-hybridized carbons (Fsp3) is 0.222. The summed E-state index contributed by atoms with van der Waals surface area (Å²) in [5.41, 5.74) is -0.950. The monoisotopic (exact) mass is 223 g/mol. The number of benzene rings is 1. The summed E-state index contributed by atoms with van der Waals surface area (Å²) in [6.07, 6.45) is 0. The van der Waals surface area contributed by atoms with Crippen LogP contribution in [0, 0.1) is 10.4 Å². The van der Waals surface area contributed by atoms with E-state index >= 15 is 0 Å². The molecule has 0 atom stereocenters. The Morgan fingerprint density at radius 2 is 2.12 bits per heavy atom. The lowest BCUT2D eigenvalue weighted by Gasteiger charge is -2.05. The van der Waals surface area contributed by atoms with Crippen molar-refractivity contribution in [1.29, 1.82) is 0 Å². The van der Waals surface area contributed by atoms with Gasteiger partial charge in [0.1, 0.15) is 5.75 Å². The average molecular weight is 223 g/mol. The second-order valence-corrected chi connectivity index (χ2v) is 3.09. The van der Waals surface area contributed by atoms with Gasteiger partial charge in [-0.05, 0) is 19.1 Å². The maximum Gasteiger partial charge on any atom is 0.554 e. The number of hydrogen-bond donors (Lipinski definition) is 1. The van der Waals surface area contributed by atoms with E-state index in [0.717, 1.165) is 0 Å². The molecular formula is C9H9N3O4. The number of fused-ring (bicyclic) bond motifs is 1. The number of rotatable bonds is 2. The predicted molar refractivity (Wildman–Crippen MR) is 53.7 cm³/mol. The van der Waals surface area contributed by atoms with Gasteiger partial charge in [0.2, 0.25) is 5.52 Å². The van der Waals surface area contributed by atoms with Crippen LogP contribution < -0.4 is 20.0 Å². The van der Waals surface area contributed by atoms with Crippen LogP contribution in [0.15, 0.2) is 23.0 Å². The van der Waals surface area contributed by atoms with Gasteiger partial charge in [-0.15, -0.1) is 0 Å². The summed E-state index contributed by atoms with van der Waals surface area (Å²) in [7, 11) is 0. The first-order valence-electron chi connectivity index (χ1n) is 4.65. The topological polar surface area (TPSA) is 96.0 Å². The van der Waals surface area contributed by atoms with Crippen molar-refractivity contribution in [2.45, 2.75) is 6.92 Å². The van der Waals surface area contributed by atoms with Gasteiger partial charge in [-0.2, -0.15) is 9.52 Å². The Bertz CT molecular complexity index is 593. The zero-order valence-corrected chi connectivity index (χ0v) is 8.47. The van der Waals surface area contributed by atoms with E-state index in [0.29, 0.717) is 12.4 Å². The normalized spacial score (nSPS) is 10.6. The van der Waals surface area contributed by atoms with Crippen molar-refractivity contribution in [2.75, 3.05) is 6.61 Å². The van der Waals surface area contributed by atoms with Crippen LogP contribution in [-0.2, 0) is 0 Å². The molecule has 1 aromatic heterocycles. The number of H-pyrrole nitrogens is 1. The van der Waals surface area contributed by atoms with Crippen LogP contribution in [0.5, 0.6) is 5.75 Å². The number of ether oxygens (including phenoxy) is 1. The van der Waals surface area contributed by atoms with E-state index in [1.54, 1.807) is 6.92 Å². The zero-order valence-electron chi connectivity index (χ0n) is 8.47. The standard InChI is InChI=1S/C9H9N3O4/c1-2-16-6-3-4-7-8(5-6)12(15)10-9(13)11(7)14/h3-5H,2H2,1H3,(H,10,13). The third-order valence-corrected chi connectivity index (χ3v) is 2.08. The highest BCUT2D eigenvalue weighted by Crippen LogP contribution is 2.14. The lowest BCUT2D eigenvalue weighted by atomic mass is 10.3. The molecule has 2 aromatic rings. The summed E-state index contributed by atoms with van der Waals surface area (Å²) in [5, 5.41) is 24.5. The Labute approximate surface area is 89.7 Å². The smallest absolute Gasteiger partial charge is 0.554 e. The third kappa shape index (κ3) is 1.52. The molecule has 0 fully saturated rings. The van der Waals surface area contributed by atoms with Crippen LogP contribution in [0.25, 0.3) is 11.0 Å². The molecule has 84 valence electrons. The molecule has 0 unspecified atom stereocenters. The van der Waals surface area contributed by atoms with Crippen molar-refractivity contribution < 1.29 is 14.3 Å². The number of nitrogens with one attached hydrogen (secondary N) is 1. The molecule has 7 heteroatoms. The summed E-state index contributed by atoms with van der Waals surface area (Å²) in [4.78, 5) is 11.3. The second-order valence-electron chi connectivity index (χ2n) is 3.09. The molecule has 0 spiro atoms.